The summed E-state index contributed by atoms with van der Waals surface area (Å²) in [6.45, 7) is 2.60. The second-order valence-corrected chi connectivity index (χ2v) is 6.62. The molecule has 0 saturated carbocycles. The minimum Gasteiger partial charge on any atom is -0.489 e. The first kappa shape index (κ1) is 17.9. The summed E-state index contributed by atoms with van der Waals surface area (Å²) in [5.41, 5.74) is 3.28. The first-order chi connectivity index (χ1) is 13.7. The summed E-state index contributed by atoms with van der Waals surface area (Å²) in [6.07, 6.45) is 3.29. The van der Waals surface area contributed by atoms with Gasteiger partial charge in [-0.05, 0) is 66.7 Å². The molecule has 2 aromatic heterocycles. The van der Waals surface area contributed by atoms with Gasteiger partial charge in [0.2, 0.25) is 10.6 Å². The Kier molecular flexibility index (Phi) is 5.16. The molecule has 28 heavy (non-hydrogen) atoms. The van der Waals surface area contributed by atoms with Gasteiger partial charge in [-0.2, -0.15) is 9.78 Å². The highest BCUT2D eigenvalue weighted by Gasteiger charge is 2.10. The molecule has 0 saturated heterocycles. The first-order valence-corrected chi connectivity index (χ1v) is 9.14. The summed E-state index contributed by atoms with van der Waals surface area (Å²) >= 11 is 5.24. The molecule has 0 amide bonds. The van der Waals surface area contributed by atoms with Crippen molar-refractivity contribution in [3.8, 4) is 17.3 Å². The minimum absolute atomic E-state index is 0.390. The normalized spacial score (nSPS) is 11.2. The van der Waals surface area contributed by atoms with E-state index in [1.165, 1.54) is 10.2 Å². The van der Waals surface area contributed by atoms with Gasteiger partial charge in [-0.15, -0.1) is 5.10 Å². The zero-order valence-corrected chi connectivity index (χ0v) is 16.0. The van der Waals surface area contributed by atoms with Gasteiger partial charge in [0.1, 0.15) is 12.4 Å². The number of nitrogens with zero attached hydrogens (tertiary/aromatic N) is 3. The molecule has 0 atom stereocenters. The molecule has 0 aliphatic heterocycles. The van der Waals surface area contributed by atoms with Crippen LogP contribution in [-0.2, 0) is 6.61 Å². The van der Waals surface area contributed by atoms with E-state index in [0.717, 1.165) is 16.9 Å². The number of rotatable bonds is 6. The van der Waals surface area contributed by atoms with Gasteiger partial charge in [0.25, 0.3) is 0 Å². The van der Waals surface area contributed by atoms with Crippen molar-refractivity contribution in [2.75, 3.05) is 0 Å². The standard InChI is InChI=1S/C21H18N4O2S/c1-15-4-6-17(7-5-15)14-27-18-10-8-16(9-11-18)13-22-25-20(23-24-21(25)28)19-3-2-12-26-19/h2-13H,14H2,1H3,(H,24,28)/b22-13-. The maximum Gasteiger partial charge on any atom is 0.219 e. The second-order valence-electron chi connectivity index (χ2n) is 6.23. The number of aryl methyl sites for hydroxylation is 1. The number of ether oxygens (including phenoxy) is 1. The quantitative estimate of drug-likeness (QED) is 0.373. The lowest BCUT2D eigenvalue weighted by Crippen LogP contribution is -1.96. The van der Waals surface area contributed by atoms with E-state index < -0.39 is 0 Å². The fraction of sp³-hybridized carbons (Fsp3) is 0.0952. The van der Waals surface area contributed by atoms with Crippen molar-refractivity contribution in [2.24, 2.45) is 5.10 Å². The molecule has 0 fully saturated rings. The van der Waals surface area contributed by atoms with E-state index in [2.05, 4.69) is 46.5 Å². The Labute approximate surface area is 167 Å². The van der Waals surface area contributed by atoms with Crippen LogP contribution in [0.1, 0.15) is 16.7 Å². The zero-order chi connectivity index (χ0) is 19.3. The van der Waals surface area contributed by atoms with Crippen LogP contribution in [0.4, 0.5) is 0 Å². The van der Waals surface area contributed by atoms with Gasteiger partial charge in [-0.25, -0.2) is 5.10 Å². The molecule has 2 aromatic carbocycles. The predicted molar refractivity (Wildman–Crippen MR) is 110 cm³/mol. The Bertz CT molecular complexity index is 1120. The van der Waals surface area contributed by atoms with Crippen LogP contribution in [0, 0.1) is 11.7 Å². The number of hydrogen-bond donors (Lipinski definition) is 1. The van der Waals surface area contributed by atoms with Crippen molar-refractivity contribution in [3.05, 3.63) is 88.4 Å². The van der Waals surface area contributed by atoms with Gasteiger partial charge >= 0.3 is 0 Å². The van der Waals surface area contributed by atoms with Crippen LogP contribution in [0.5, 0.6) is 5.75 Å². The van der Waals surface area contributed by atoms with Crippen LogP contribution >= 0.6 is 12.2 Å². The van der Waals surface area contributed by atoms with Gasteiger partial charge < -0.3 is 9.15 Å². The minimum atomic E-state index is 0.390. The molecule has 140 valence electrons. The van der Waals surface area contributed by atoms with E-state index in [0.29, 0.717) is 23.0 Å². The lowest BCUT2D eigenvalue weighted by atomic mass is 10.2. The Morgan fingerprint density at radius 1 is 1.14 bits per heavy atom. The van der Waals surface area contributed by atoms with Gasteiger partial charge in [0, 0.05) is 0 Å². The SMILES string of the molecule is Cc1ccc(COc2ccc(/C=N\n3c(-c4ccco4)n[nH]c3=S)cc2)cc1. The molecule has 4 rings (SSSR count). The third kappa shape index (κ3) is 4.10. The van der Waals surface area contributed by atoms with E-state index in [1.807, 2.05) is 24.3 Å². The molecule has 0 bridgehead atoms. The lowest BCUT2D eigenvalue weighted by Gasteiger charge is -2.06. The number of aromatic nitrogens is 3. The Balaban J connectivity index is 1.44. The number of nitrogens with one attached hydrogen (secondary N) is 1. The van der Waals surface area contributed by atoms with E-state index in [4.69, 9.17) is 21.4 Å². The maximum atomic E-state index is 5.83. The summed E-state index contributed by atoms with van der Waals surface area (Å²) in [5, 5.41) is 11.3. The molecule has 0 radical (unpaired) electrons. The van der Waals surface area contributed by atoms with Crippen LogP contribution in [-0.4, -0.2) is 21.1 Å². The molecule has 6 nitrogen and oxygen atoms in total. The summed E-state index contributed by atoms with van der Waals surface area (Å²) in [5.74, 6) is 1.91. The monoisotopic (exact) mass is 390 g/mol. The second kappa shape index (κ2) is 8.06. The molecule has 1 N–H and O–H groups in total. The fourth-order valence-electron chi connectivity index (χ4n) is 2.59. The van der Waals surface area contributed by atoms with Crippen LogP contribution in [0.3, 0.4) is 0 Å². The smallest absolute Gasteiger partial charge is 0.219 e. The molecule has 0 spiro atoms. The average molecular weight is 390 g/mol. The van der Waals surface area contributed by atoms with Crippen LogP contribution in [0.2, 0.25) is 0 Å². The van der Waals surface area contributed by atoms with Gasteiger partial charge in [-0.1, -0.05) is 29.8 Å². The van der Waals surface area contributed by atoms with E-state index in [-0.39, 0.29) is 0 Å². The molecule has 0 aliphatic carbocycles. The van der Waals surface area contributed by atoms with E-state index in [1.54, 1.807) is 24.6 Å². The number of aromatic amines is 1. The fourth-order valence-corrected chi connectivity index (χ4v) is 2.77. The van der Waals surface area contributed by atoms with E-state index >= 15 is 0 Å². The number of benzene rings is 2. The predicted octanol–water partition coefficient (Wildman–Crippen LogP) is 4.97. The molecule has 0 aliphatic rings. The Hall–Kier alpha value is -3.45. The topological polar surface area (TPSA) is 68.3 Å². The molecular formula is C21H18N4O2S. The van der Waals surface area contributed by atoms with Gasteiger partial charge in [0.05, 0.1) is 12.5 Å². The Morgan fingerprint density at radius 3 is 2.64 bits per heavy atom. The van der Waals surface area contributed by atoms with Crippen molar-refractivity contribution >= 4 is 18.4 Å². The number of H-pyrrole nitrogens is 1. The summed E-state index contributed by atoms with van der Waals surface area (Å²) in [6, 6.07) is 19.6. The lowest BCUT2D eigenvalue weighted by molar-refractivity contribution is 0.306. The maximum absolute atomic E-state index is 5.83. The molecule has 2 heterocycles. The molecular weight excluding hydrogens is 372 g/mol. The highest BCUT2D eigenvalue weighted by atomic mass is 32.1. The van der Waals surface area contributed by atoms with Crippen molar-refractivity contribution in [1.29, 1.82) is 0 Å². The average Bonchev–Trinajstić information content (AvgIpc) is 3.36. The van der Waals surface area contributed by atoms with Crippen molar-refractivity contribution in [3.63, 3.8) is 0 Å². The largest absolute Gasteiger partial charge is 0.489 e. The van der Waals surface area contributed by atoms with Crippen LogP contribution < -0.4 is 4.74 Å². The van der Waals surface area contributed by atoms with Gasteiger partial charge in [0.15, 0.2) is 5.76 Å². The number of furan rings is 1. The third-order valence-corrected chi connectivity index (χ3v) is 4.38. The molecule has 7 heteroatoms. The highest BCUT2D eigenvalue weighted by Crippen LogP contribution is 2.18. The summed E-state index contributed by atoms with van der Waals surface area (Å²) in [4.78, 5) is 0. The van der Waals surface area contributed by atoms with Crippen LogP contribution in [0.15, 0.2) is 76.4 Å². The molecule has 4 aromatic rings. The zero-order valence-electron chi connectivity index (χ0n) is 15.2. The van der Waals surface area contributed by atoms with E-state index in [9.17, 15) is 0 Å². The van der Waals surface area contributed by atoms with Crippen molar-refractivity contribution < 1.29 is 9.15 Å². The Morgan fingerprint density at radius 2 is 1.93 bits per heavy atom. The number of hydrogen-bond acceptors (Lipinski definition) is 5. The highest BCUT2D eigenvalue weighted by molar-refractivity contribution is 7.71. The summed E-state index contributed by atoms with van der Waals surface area (Å²) < 4.78 is 13.1. The van der Waals surface area contributed by atoms with Gasteiger partial charge in [-0.3, -0.25) is 0 Å². The molecule has 0 unspecified atom stereocenters. The van der Waals surface area contributed by atoms with Crippen molar-refractivity contribution in [1.82, 2.24) is 14.9 Å². The third-order valence-electron chi connectivity index (χ3n) is 4.12. The summed E-state index contributed by atoms with van der Waals surface area (Å²) in [7, 11) is 0. The van der Waals surface area contributed by atoms with Crippen molar-refractivity contribution in [2.45, 2.75) is 13.5 Å². The van der Waals surface area contributed by atoms with Crippen LogP contribution in [0.25, 0.3) is 11.6 Å². The first-order valence-electron chi connectivity index (χ1n) is 8.73.